The highest BCUT2D eigenvalue weighted by Crippen LogP contribution is 2.26. The maximum Gasteiger partial charge on any atom is 0.309 e. The van der Waals surface area contributed by atoms with Crippen molar-refractivity contribution in [2.24, 2.45) is 10.9 Å². The van der Waals surface area contributed by atoms with Crippen LogP contribution < -0.4 is 10.1 Å². The van der Waals surface area contributed by atoms with Crippen molar-refractivity contribution in [1.29, 1.82) is 0 Å². The fourth-order valence-corrected chi connectivity index (χ4v) is 4.62. The number of hydrogen-bond acceptors (Lipinski definition) is 5. The molecule has 2 aliphatic heterocycles. The second-order valence-electron chi connectivity index (χ2n) is 8.33. The van der Waals surface area contributed by atoms with Crippen molar-refractivity contribution in [3.05, 3.63) is 29.8 Å². The molecule has 32 heavy (non-hydrogen) atoms. The van der Waals surface area contributed by atoms with Crippen LogP contribution >= 0.6 is 24.0 Å². The van der Waals surface area contributed by atoms with E-state index in [9.17, 15) is 4.79 Å². The molecule has 1 aromatic carbocycles. The summed E-state index contributed by atoms with van der Waals surface area (Å²) in [5.74, 6) is 1.75. The zero-order chi connectivity index (χ0) is 22.1. The van der Waals surface area contributed by atoms with Crippen LogP contribution in [0, 0.1) is 5.92 Å². The van der Waals surface area contributed by atoms with Crippen molar-refractivity contribution in [3.63, 3.8) is 0 Å². The third-order valence-electron chi connectivity index (χ3n) is 6.41. The first-order valence-electron chi connectivity index (χ1n) is 11.7. The van der Waals surface area contributed by atoms with E-state index in [1.54, 1.807) is 7.11 Å². The number of ether oxygens (including phenoxy) is 2. The number of nitrogens with zero attached hydrogens (tertiary/aromatic N) is 3. The highest BCUT2D eigenvalue weighted by molar-refractivity contribution is 14.0. The second kappa shape index (κ2) is 13.9. The van der Waals surface area contributed by atoms with Crippen molar-refractivity contribution in [2.45, 2.75) is 45.1 Å². The normalized spacial score (nSPS) is 19.1. The molecule has 0 spiro atoms. The smallest absolute Gasteiger partial charge is 0.309 e. The molecule has 3 rings (SSSR count). The largest absolute Gasteiger partial charge is 0.497 e. The molecule has 0 saturated carbocycles. The van der Waals surface area contributed by atoms with Crippen LogP contribution in [0.2, 0.25) is 0 Å². The van der Waals surface area contributed by atoms with Gasteiger partial charge in [-0.25, -0.2) is 0 Å². The molecule has 180 valence electrons. The average Bonchev–Trinajstić information content (AvgIpc) is 2.83. The number of hydrogen-bond donors (Lipinski definition) is 1. The van der Waals surface area contributed by atoms with Crippen molar-refractivity contribution in [2.75, 3.05) is 53.5 Å². The highest BCUT2D eigenvalue weighted by Gasteiger charge is 2.28. The van der Waals surface area contributed by atoms with E-state index in [0.717, 1.165) is 57.3 Å². The number of methoxy groups -OCH3 is 1. The Morgan fingerprint density at radius 1 is 1.12 bits per heavy atom. The molecule has 2 fully saturated rings. The lowest BCUT2D eigenvalue weighted by Crippen LogP contribution is -2.49. The lowest BCUT2D eigenvalue weighted by atomic mass is 9.97. The Morgan fingerprint density at radius 3 is 2.34 bits per heavy atom. The van der Waals surface area contributed by atoms with Crippen LogP contribution in [0.25, 0.3) is 0 Å². The zero-order valence-electron chi connectivity index (χ0n) is 19.7. The number of guanidine groups is 1. The number of nitrogens with one attached hydrogen (secondary N) is 1. The van der Waals surface area contributed by atoms with Gasteiger partial charge in [-0.05, 0) is 63.4 Å². The minimum Gasteiger partial charge on any atom is -0.497 e. The van der Waals surface area contributed by atoms with E-state index in [1.165, 1.54) is 24.8 Å². The average molecular weight is 559 g/mol. The summed E-state index contributed by atoms with van der Waals surface area (Å²) in [4.78, 5) is 21.4. The molecule has 1 unspecified atom stereocenters. The molecular weight excluding hydrogens is 519 g/mol. The number of esters is 1. The van der Waals surface area contributed by atoms with E-state index in [4.69, 9.17) is 9.47 Å². The van der Waals surface area contributed by atoms with Gasteiger partial charge < -0.3 is 19.7 Å². The monoisotopic (exact) mass is 558 g/mol. The topological polar surface area (TPSA) is 66.4 Å². The molecule has 2 heterocycles. The Bertz CT molecular complexity index is 714. The first kappa shape index (κ1) is 26.7. The highest BCUT2D eigenvalue weighted by atomic mass is 127. The minimum atomic E-state index is -0.0604. The summed E-state index contributed by atoms with van der Waals surface area (Å²) in [6.07, 6.45) is 5.45. The number of carbonyl (C=O) groups is 1. The number of carbonyl (C=O) groups excluding carboxylic acids is 1. The Morgan fingerprint density at radius 2 is 1.78 bits per heavy atom. The molecule has 0 aliphatic carbocycles. The standard InChI is InChI=1S/C24H38N4O3.HI/c1-4-31-23(29)20-12-16-28(17-13-20)24(25-2)26-18-22(27-14-6-5-7-15-27)19-8-10-21(30-3)11-9-19;/h8-11,20,22H,4-7,12-18H2,1-3H3,(H,25,26);1H. The van der Waals surface area contributed by atoms with Gasteiger partial charge in [0.2, 0.25) is 0 Å². The Labute approximate surface area is 209 Å². The number of benzene rings is 1. The molecular formula is C24H39IN4O3. The third kappa shape index (κ3) is 7.23. The summed E-state index contributed by atoms with van der Waals surface area (Å²) in [6.45, 7) is 7.01. The Kier molecular flexibility index (Phi) is 11.6. The van der Waals surface area contributed by atoms with Crippen LogP contribution in [0.4, 0.5) is 0 Å². The summed E-state index contributed by atoms with van der Waals surface area (Å²) >= 11 is 0. The summed E-state index contributed by atoms with van der Waals surface area (Å²) < 4.78 is 10.5. The zero-order valence-corrected chi connectivity index (χ0v) is 22.0. The summed E-state index contributed by atoms with van der Waals surface area (Å²) in [5, 5.41) is 3.62. The minimum absolute atomic E-state index is 0. The molecule has 1 N–H and O–H groups in total. The molecule has 0 radical (unpaired) electrons. The van der Waals surface area contributed by atoms with E-state index in [-0.39, 0.29) is 35.9 Å². The lowest BCUT2D eigenvalue weighted by Gasteiger charge is -2.37. The quantitative estimate of drug-likeness (QED) is 0.239. The van der Waals surface area contributed by atoms with Gasteiger partial charge in [0.15, 0.2) is 5.96 Å². The van der Waals surface area contributed by atoms with E-state index in [2.05, 4.69) is 32.2 Å². The van der Waals surface area contributed by atoms with Crippen LogP contribution in [0.3, 0.4) is 0 Å². The van der Waals surface area contributed by atoms with Crippen molar-refractivity contribution >= 4 is 35.9 Å². The van der Waals surface area contributed by atoms with Crippen LogP contribution in [0.15, 0.2) is 29.3 Å². The predicted octanol–water partition coefficient (Wildman–Crippen LogP) is 3.69. The van der Waals surface area contributed by atoms with Gasteiger partial charge in [-0.1, -0.05) is 18.6 Å². The molecule has 8 heteroatoms. The maximum atomic E-state index is 12.0. The predicted molar refractivity (Wildman–Crippen MR) is 139 cm³/mol. The van der Waals surface area contributed by atoms with Gasteiger partial charge in [0.05, 0.1) is 25.7 Å². The van der Waals surface area contributed by atoms with E-state index in [0.29, 0.717) is 12.6 Å². The molecule has 0 bridgehead atoms. The van der Waals surface area contributed by atoms with Gasteiger partial charge in [0, 0.05) is 26.7 Å². The van der Waals surface area contributed by atoms with Crippen LogP contribution in [-0.2, 0) is 9.53 Å². The Balaban J connectivity index is 0.00000363. The Hall–Kier alpha value is -1.55. The summed E-state index contributed by atoms with van der Waals surface area (Å²) in [5.41, 5.74) is 1.30. The molecule has 1 atom stereocenters. The number of piperidine rings is 2. The van der Waals surface area contributed by atoms with Crippen LogP contribution in [0.1, 0.15) is 50.6 Å². The molecule has 0 aromatic heterocycles. The number of aliphatic imine (C=N–C) groups is 1. The fourth-order valence-electron chi connectivity index (χ4n) is 4.62. The first-order chi connectivity index (χ1) is 15.2. The number of halogens is 1. The molecule has 2 aliphatic rings. The van der Waals surface area contributed by atoms with Crippen LogP contribution in [-0.4, -0.2) is 75.2 Å². The molecule has 2 saturated heterocycles. The van der Waals surface area contributed by atoms with Crippen molar-refractivity contribution < 1.29 is 14.3 Å². The number of likely N-dealkylation sites (tertiary alicyclic amines) is 2. The summed E-state index contributed by atoms with van der Waals surface area (Å²) in [6, 6.07) is 8.73. The third-order valence-corrected chi connectivity index (χ3v) is 6.41. The first-order valence-corrected chi connectivity index (χ1v) is 11.7. The second-order valence-corrected chi connectivity index (χ2v) is 8.33. The van der Waals surface area contributed by atoms with Gasteiger partial charge in [0.1, 0.15) is 5.75 Å². The van der Waals surface area contributed by atoms with Crippen molar-refractivity contribution in [1.82, 2.24) is 15.1 Å². The van der Waals surface area contributed by atoms with Crippen LogP contribution in [0.5, 0.6) is 5.75 Å². The summed E-state index contributed by atoms with van der Waals surface area (Å²) in [7, 11) is 3.54. The fraction of sp³-hybridized carbons (Fsp3) is 0.667. The van der Waals surface area contributed by atoms with Gasteiger partial charge in [0.25, 0.3) is 0 Å². The molecule has 7 nitrogen and oxygen atoms in total. The SMILES string of the molecule is CCOC(=O)C1CCN(C(=NC)NCC(c2ccc(OC)cc2)N2CCCCC2)CC1.I. The molecule has 1 aromatic rings. The van der Waals surface area contributed by atoms with E-state index in [1.807, 2.05) is 26.1 Å². The van der Waals surface area contributed by atoms with E-state index < -0.39 is 0 Å². The molecule has 0 amide bonds. The lowest BCUT2D eigenvalue weighted by molar-refractivity contribution is -0.149. The maximum absolute atomic E-state index is 12.0. The van der Waals surface area contributed by atoms with Crippen molar-refractivity contribution in [3.8, 4) is 5.75 Å². The van der Waals surface area contributed by atoms with Gasteiger partial charge >= 0.3 is 5.97 Å². The van der Waals surface area contributed by atoms with Gasteiger partial charge in [-0.2, -0.15) is 0 Å². The van der Waals surface area contributed by atoms with Gasteiger partial charge in [-0.3, -0.25) is 14.7 Å². The van der Waals surface area contributed by atoms with E-state index >= 15 is 0 Å². The van der Waals surface area contributed by atoms with Gasteiger partial charge in [-0.15, -0.1) is 24.0 Å². The number of rotatable bonds is 7.